The van der Waals surface area contributed by atoms with Crippen molar-refractivity contribution in [3.8, 4) is 12.3 Å². The molecule has 0 unspecified atom stereocenters. The van der Waals surface area contributed by atoms with Crippen LogP contribution in [0.5, 0.6) is 0 Å². The second kappa shape index (κ2) is 5.43. The minimum absolute atomic E-state index is 0.254. The molecule has 14 heavy (non-hydrogen) atoms. The molecule has 2 heteroatoms. The molecule has 0 bridgehead atoms. The highest BCUT2D eigenvalue weighted by molar-refractivity contribution is 5.23. The number of ether oxygens (including phenoxy) is 1. The molecule has 0 spiro atoms. The highest BCUT2D eigenvalue weighted by Gasteiger charge is 2.08. The highest BCUT2D eigenvalue weighted by Crippen LogP contribution is 2.15. The summed E-state index contributed by atoms with van der Waals surface area (Å²) >= 11 is 0. The van der Waals surface area contributed by atoms with Crippen molar-refractivity contribution in [1.29, 1.82) is 0 Å². The van der Waals surface area contributed by atoms with Gasteiger partial charge in [0.05, 0.1) is 12.7 Å². The summed E-state index contributed by atoms with van der Waals surface area (Å²) in [6.07, 6.45) is 4.47. The second-order valence-corrected chi connectivity index (χ2v) is 3.14. The van der Waals surface area contributed by atoms with Crippen molar-refractivity contribution in [2.75, 3.05) is 6.61 Å². The summed E-state index contributed by atoms with van der Waals surface area (Å²) in [5, 5.41) is 9.05. The predicted molar refractivity (Wildman–Crippen MR) is 55.6 cm³/mol. The van der Waals surface area contributed by atoms with Crippen LogP contribution in [-0.2, 0) is 4.74 Å². The number of terminal acetylenes is 1. The first kappa shape index (κ1) is 10.8. The van der Waals surface area contributed by atoms with Gasteiger partial charge in [0.15, 0.2) is 0 Å². The summed E-state index contributed by atoms with van der Waals surface area (Å²) in [6.45, 7) is 1.92. The molecule has 0 fully saturated rings. The van der Waals surface area contributed by atoms with Gasteiger partial charge in [0.25, 0.3) is 0 Å². The zero-order valence-corrected chi connectivity index (χ0v) is 8.18. The van der Waals surface area contributed by atoms with Crippen molar-refractivity contribution in [3.05, 3.63) is 35.9 Å². The van der Waals surface area contributed by atoms with Gasteiger partial charge in [-0.15, -0.1) is 6.42 Å². The average Bonchev–Trinajstić information content (AvgIpc) is 2.20. The Morgan fingerprint density at radius 2 is 2.07 bits per heavy atom. The molecule has 0 aliphatic carbocycles. The number of aliphatic hydroxyl groups is 1. The molecule has 1 aromatic carbocycles. The van der Waals surface area contributed by atoms with Crippen molar-refractivity contribution in [1.82, 2.24) is 0 Å². The van der Waals surface area contributed by atoms with E-state index in [0.717, 1.165) is 5.56 Å². The lowest BCUT2D eigenvalue weighted by molar-refractivity contribution is 0.0207. The second-order valence-electron chi connectivity index (χ2n) is 3.14. The maximum atomic E-state index is 9.05. The summed E-state index contributed by atoms with van der Waals surface area (Å²) in [5.74, 6) is 2.54. The smallest absolute Gasteiger partial charge is 0.143 e. The van der Waals surface area contributed by atoms with Crippen LogP contribution >= 0.6 is 0 Å². The minimum atomic E-state index is -0.491. The quantitative estimate of drug-likeness (QED) is 0.733. The van der Waals surface area contributed by atoms with E-state index in [-0.39, 0.29) is 12.7 Å². The Morgan fingerprint density at radius 1 is 1.43 bits per heavy atom. The Bertz CT molecular complexity index is 298. The van der Waals surface area contributed by atoms with Crippen molar-refractivity contribution >= 4 is 0 Å². The van der Waals surface area contributed by atoms with Crippen LogP contribution in [0.4, 0.5) is 0 Å². The molecule has 1 N–H and O–H groups in total. The Kier molecular flexibility index (Phi) is 4.18. The molecule has 74 valence electrons. The van der Waals surface area contributed by atoms with E-state index in [0.29, 0.717) is 0 Å². The fourth-order valence-corrected chi connectivity index (χ4v) is 1.10. The van der Waals surface area contributed by atoms with Gasteiger partial charge in [0.2, 0.25) is 0 Å². The van der Waals surface area contributed by atoms with E-state index in [1.54, 1.807) is 6.92 Å². The van der Waals surface area contributed by atoms with Crippen LogP contribution < -0.4 is 0 Å². The molecule has 0 aliphatic rings. The number of rotatable bonds is 4. The number of aliphatic hydroxyl groups excluding tert-OH is 1. The summed E-state index contributed by atoms with van der Waals surface area (Å²) in [5.41, 5.74) is 0.940. The Labute approximate surface area is 84.5 Å². The summed E-state index contributed by atoms with van der Waals surface area (Å²) in [6, 6.07) is 9.56. The van der Waals surface area contributed by atoms with E-state index in [2.05, 4.69) is 5.92 Å². The lowest BCUT2D eigenvalue weighted by Gasteiger charge is -2.13. The number of benzene rings is 1. The van der Waals surface area contributed by atoms with Gasteiger partial charge in [-0.3, -0.25) is 0 Å². The monoisotopic (exact) mass is 190 g/mol. The molecule has 0 aliphatic heterocycles. The van der Waals surface area contributed by atoms with Crippen LogP contribution in [0.3, 0.4) is 0 Å². The van der Waals surface area contributed by atoms with Crippen molar-refractivity contribution in [3.63, 3.8) is 0 Å². The first-order valence-electron chi connectivity index (χ1n) is 4.54. The lowest BCUT2D eigenvalue weighted by Crippen LogP contribution is -2.13. The number of hydrogen-bond acceptors (Lipinski definition) is 2. The van der Waals surface area contributed by atoms with Gasteiger partial charge in [0, 0.05) is 0 Å². The zero-order valence-electron chi connectivity index (χ0n) is 8.18. The van der Waals surface area contributed by atoms with Gasteiger partial charge >= 0.3 is 0 Å². The maximum absolute atomic E-state index is 9.05. The SMILES string of the molecule is C#C[C@H](OC[C@H](C)O)c1ccccc1. The Balaban J connectivity index is 2.60. The summed E-state index contributed by atoms with van der Waals surface area (Å²) in [4.78, 5) is 0. The molecular formula is C12H14O2. The first-order chi connectivity index (χ1) is 6.74. The largest absolute Gasteiger partial charge is 0.391 e. The molecule has 1 aromatic rings. The van der Waals surface area contributed by atoms with E-state index in [1.807, 2.05) is 30.3 Å². The molecule has 1 rings (SSSR count). The maximum Gasteiger partial charge on any atom is 0.143 e. The molecule has 2 atom stereocenters. The fraction of sp³-hybridized carbons (Fsp3) is 0.333. The molecule has 0 radical (unpaired) electrons. The van der Waals surface area contributed by atoms with Crippen LogP contribution in [0.1, 0.15) is 18.6 Å². The van der Waals surface area contributed by atoms with E-state index in [4.69, 9.17) is 16.3 Å². The van der Waals surface area contributed by atoms with Crippen LogP contribution in [0.25, 0.3) is 0 Å². The third-order valence-corrected chi connectivity index (χ3v) is 1.76. The van der Waals surface area contributed by atoms with E-state index in [9.17, 15) is 0 Å². The molecule has 2 nitrogen and oxygen atoms in total. The molecular weight excluding hydrogens is 176 g/mol. The average molecular weight is 190 g/mol. The van der Waals surface area contributed by atoms with Crippen molar-refractivity contribution in [2.24, 2.45) is 0 Å². The van der Waals surface area contributed by atoms with Crippen LogP contribution in [0, 0.1) is 12.3 Å². The Morgan fingerprint density at radius 3 is 2.57 bits per heavy atom. The predicted octanol–water partition coefficient (Wildman–Crippen LogP) is 1.76. The minimum Gasteiger partial charge on any atom is -0.391 e. The Hall–Kier alpha value is -1.30. The first-order valence-corrected chi connectivity index (χ1v) is 4.54. The van der Waals surface area contributed by atoms with Crippen LogP contribution in [-0.4, -0.2) is 17.8 Å². The topological polar surface area (TPSA) is 29.5 Å². The molecule has 0 saturated heterocycles. The van der Waals surface area contributed by atoms with E-state index in [1.165, 1.54) is 0 Å². The number of hydrogen-bond donors (Lipinski definition) is 1. The van der Waals surface area contributed by atoms with Gasteiger partial charge in [-0.1, -0.05) is 36.3 Å². The standard InChI is InChI=1S/C12H14O2/c1-3-12(14-9-10(2)13)11-7-5-4-6-8-11/h1,4-8,10,12-13H,9H2,2H3/t10-,12-/m0/s1. The highest BCUT2D eigenvalue weighted by atomic mass is 16.5. The van der Waals surface area contributed by atoms with Gasteiger partial charge in [-0.05, 0) is 12.5 Å². The van der Waals surface area contributed by atoms with Gasteiger partial charge in [-0.2, -0.15) is 0 Å². The van der Waals surface area contributed by atoms with E-state index >= 15 is 0 Å². The molecule has 0 saturated carbocycles. The third kappa shape index (κ3) is 3.21. The fourth-order valence-electron chi connectivity index (χ4n) is 1.10. The van der Waals surface area contributed by atoms with E-state index < -0.39 is 6.10 Å². The van der Waals surface area contributed by atoms with Crippen molar-refractivity contribution in [2.45, 2.75) is 19.1 Å². The van der Waals surface area contributed by atoms with Crippen LogP contribution in [0.15, 0.2) is 30.3 Å². The van der Waals surface area contributed by atoms with Gasteiger partial charge in [-0.25, -0.2) is 0 Å². The van der Waals surface area contributed by atoms with Gasteiger partial charge in [0.1, 0.15) is 6.10 Å². The van der Waals surface area contributed by atoms with Gasteiger partial charge < -0.3 is 9.84 Å². The zero-order chi connectivity index (χ0) is 10.4. The molecule has 0 aromatic heterocycles. The lowest BCUT2D eigenvalue weighted by atomic mass is 10.1. The summed E-state index contributed by atoms with van der Waals surface area (Å²) < 4.78 is 5.35. The van der Waals surface area contributed by atoms with Crippen molar-refractivity contribution < 1.29 is 9.84 Å². The third-order valence-electron chi connectivity index (χ3n) is 1.76. The normalized spacial score (nSPS) is 14.4. The molecule has 0 amide bonds. The van der Waals surface area contributed by atoms with Crippen LogP contribution in [0.2, 0.25) is 0 Å². The molecule has 0 heterocycles. The summed E-state index contributed by atoms with van der Waals surface area (Å²) in [7, 11) is 0.